The summed E-state index contributed by atoms with van der Waals surface area (Å²) in [6.45, 7) is 3.20. The van der Waals surface area contributed by atoms with Gasteiger partial charge in [0.25, 0.3) is 0 Å². The van der Waals surface area contributed by atoms with E-state index in [0.717, 1.165) is 0 Å². The summed E-state index contributed by atoms with van der Waals surface area (Å²) < 4.78 is 25.2. The molecule has 0 saturated heterocycles. The Balaban J connectivity index is 1.80. The number of amides is 2. The molecule has 0 unspecified atom stereocenters. The third-order valence-electron chi connectivity index (χ3n) is 7.00. The third kappa shape index (κ3) is 5.83. The van der Waals surface area contributed by atoms with Crippen LogP contribution in [0.4, 0.5) is 4.39 Å². The number of aliphatic hydroxyl groups excluding tert-OH is 3. The highest BCUT2D eigenvalue weighted by Crippen LogP contribution is 2.51. The number of halogens is 1. The Morgan fingerprint density at radius 2 is 1.95 bits per heavy atom. The molecular formula is C29H33FN2O7. The molecule has 39 heavy (non-hydrogen) atoms. The largest absolute Gasteiger partial charge is 0.493 e. The number of fused-ring (bicyclic) bond motifs is 3. The van der Waals surface area contributed by atoms with E-state index in [4.69, 9.17) is 9.47 Å². The predicted octanol–water partition coefficient (Wildman–Crippen LogP) is 1.94. The lowest BCUT2D eigenvalue weighted by atomic mass is 9.77. The van der Waals surface area contributed by atoms with Crippen LogP contribution in [0, 0.1) is 5.82 Å². The molecule has 2 aliphatic rings. The number of ether oxygens (including phenoxy) is 2. The minimum Gasteiger partial charge on any atom is -0.493 e. The summed E-state index contributed by atoms with van der Waals surface area (Å²) in [6, 6.07) is 8.07. The van der Waals surface area contributed by atoms with Gasteiger partial charge in [0.15, 0.2) is 11.5 Å². The number of carbonyl (C=O) groups is 2. The Kier molecular flexibility index (Phi) is 9.01. The summed E-state index contributed by atoms with van der Waals surface area (Å²) in [4.78, 5) is 28.2. The van der Waals surface area contributed by atoms with Crippen molar-refractivity contribution in [2.24, 2.45) is 0 Å². The number of benzene rings is 2. The Morgan fingerprint density at radius 3 is 2.59 bits per heavy atom. The number of nitrogens with one attached hydrogen (secondary N) is 1. The maximum Gasteiger partial charge on any atom is 0.247 e. The van der Waals surface area contributed by atoms with Crippen molar-refractivity contribution in [3.05, 3.63) is 83.2 Å². The van der Waals surface area contributed by atoms with Gasteiger partial charge in [0.1, 0.15) is 18.0 Å². The molecule has 1 aliphatic heterocycles. The molecule has 9 nitrogen and oxygen atoms in total. The van der Waals surface area contributed by atoms with Crippen molar-refractivity contribution in [2.45, 2.75) is 50.2 Å². The van der Waals surface area contributed by atoms with E-state index in [1.807, 2.05) is 0 Å². The molecule has 0 radical (unpaired) electrons. The Morgan fingerprint density at radius 1 is 1.21 bits per heavy atom. The fraction of sp³-hybridized carbons (Fsp3) is 0.379. The van der Waals surface area contributed by atoms with Gasteiger partial charge in [-0.05, 0) is 47.9 Å². The zero-order chi connectivity index (χ0) is 28.1. The zero-order valence-corrected chi connectivity index (χ0v) is 21.7. The van der Waals surface area contributed by atoms with Gasteiger partial charge in [0, 0.05) is 30.6 Å². The van der Waals surface area contributed by atoms with E-state index in [0.29, 0.717) is 34.6 Å². The second-order valence-corrected chi connectivity index (χ2v) is 9.49. The predicted molar refractivity (Wildman–Crippen MR) is 140 cm³/mol. The quantitative estimate of drug-likeness (QED) is 0.321. The molecule has 10 heteroatoms. The van der Waals surface area contributed by atoms with Gasteiger partial charge < -0.3 is 35.0 Å². The highest BCUT2D eigenvalue weighted by Gasteiger charge is 2.51. The van der Waals surface area contributed by atoms with E-state index >= 15 is 0 Å². The maximum atomic E-state index is 13.6. The number of rotatable bonds is 11. The number of nitrogens with zero attached hydrogens (tertiary/aromatic N) is 1. The molecule has 2 aromatic rings. The molecule has 1 aliphatic carbocycles. The van der Waals surface area contributed by atoms with E-state index in [1.54, 1.807) is 36.4 Å². The third-order valence-corrected chi connectivity index (χ3v) is 7.00. The van der Waals surface area contributed by atoms with Crippen LogP contribution in [0.15, 0.2) is 60.7 Å². The van der Waals surface area contributed by atoms with Crippen LogP contribution < -0.4 is 14.8 Å². The average molecular weight is 541 g/mol. The lowest BCUT2D eigenvalue weighted by molar-refractivity contribution is -0.138. The van der Waals surface area contributed by atoms with Crippen LogP contribution in [0.1, 0.15) is 35.4 Å². The van der Waals surface area contributed by atoms with Gasteiger partial charge in [-0.1, -0.05) is 18.2 Å². The van der Waals surface area contributed by atoms with Gasteiger partial charge in [-0.2, -0.15) is 0 Å². The molecule has 0 aromatic heterocycles. The smallest absolute Gasteiger partial charge is 0.247 e. The van der Waals surface area contributed by atoms with Crippen LogP contribution in [0.2, 0.25) is 0 Å². The van der Waals surface area contributed by atoms with Gasteiger partial charge in [0.05, 0.1) is 32.3 Å². The second kappa shape index (κ2) is 12.4. The monoisotopic (exact) mass is 540 g/mol. The molecule has 0 saturated carbocycles. The minimum absolute atomic E-state index is 0.00601. The highest BCUT2D eigenvalue weighted by molar-refractivity contribution is 5.96. The van der Waals surface area contributed by atoms with Crippen LogP contribution >= 0.6 is 0 Å². The van der Waals surface area contributed by atoms with Crippen molar-refractivity contribution < 1.29 is 38.8 Å². The van der Waals surface area contributed by atoms with E-state index in [2.05, 4.69) is 11.9 Å². The number of methoxy groups -OCH3 is 1. The average Bonchev–Trinajstić information content (AvgIpc) is 3.34. The molecule has 1 heterocycles. The molecule has 4 N–H and O–H groups in total. The minimum atomic E-state index is -1.24. The molecule has 0 bridgehead atoms. The second-order valence-electron chi connectivity index (χ2n) is 9.49. The summed E-state index contributed by atoms with van der Waals surface area (Å²) in [5.41, 5.74) is 2.00. The van der Waals surface area contributed by atoms with Crippen molar-refractivity contribution in [3.8, 4) is 11.5 Å². The summed E-state index contributed by atoms with van der Waals surface area (Å²) in [7, 11) is 1.45. The SMILES string of the molecule is C=CCCC(=O)N(Cc1ccc(F)cc1)[C@@H]1C=C(C(=O)NCCO)[C@@H]2c3cc(CO)cc(OC)c3O[C@@H]2[C@H]1O. The number of allylic oxidation sites excluding steroid dienone is 1. The van der Waals surface area contributed by atoms with Crippen LogP contribution in [-0.4, -0.2) is 70.5 Å². The first kappa shape index (κ1) is 28.3. The molecule has 2 amide bonds. The highest BCUT2D eigenvalue weighted by atomic mass is 19.1. The van der Waals surface area contributed by atoms with E-state index in [9.17, 15) is 29.3 Å². The van der Waals surface area contributed by atoms with Crippen LogP contribution in [0.3, 0.4) is 0 Å². The summed E-state index contributed by atoms with van der Waals surface area (Å²) >= 11 is 0. The molecule has 0 spiro atoms. The van der Waals surface area contributed by atoms with E-state index in [1.165, 1.54) is 24.1 Å². The van der Waals surface area contributed by atoms with Crippen molar-refractivity contribution in [3.63, 3.8) is 0 Å². The number of carbonyl (C=O) groups excluding carboxylic acids is 2. The van der Waals surface area contributed by atoms with Crippen LogP contribution in [0.25, 0.3) is 0 Å². The fourth-order valence-corrected chi connectivity index (χ4v) is 5.13. The van der Waals surface area contributed by atoms with Crippen molar-refractivity contribution >= 4 is 11.8 Å². The topological polar surface area (TPSA) is 129 Å². The van der Waals surface area contributed by atoms with Gasteiger partial charge in [0.2, 0.25) is 11.8 Å². The molecule has 4 rings (SSSR count). The Labute approximate surface area is 226 Å². The zero-order valence-electron chi connectivity index (χ0n) is 21.7. The number of hydrogen-bond donors (Lipinski definition) is 4. The first-order valence-electron chi connectivity index (χ1n) is 12.7. The first-order valence-corrected chi connectivity index (χ1v) is 12.7. The lowest BCUT2D eigenvalue weighted by Gasteiger charge is -2.40. The number of aliphatic hydroxyl groups is 3. The van der Waals surface area contributed by atoms with E-state index < -0.39 is 35.9 Å². The van der Waals surface area contributed by atoms with E-state index in [-0.39, 0.29) is 44.2 Å². The summed E-state index contributed by atoms with van der Waals surface area (Å²) in [5, 5.41) is 33.4. The molecule has 0 fully saturated rings. The standard InChI is InChI=1S/C29H33FN2O7/c1-3-4-5-24(35)32(15-17-6-8-19(30)9-7-17)22-14-21(29(37)31-10-11-33)25-20-12-18(16-34)13-23(38-2)27(20)39-28(25)26(22)36/h3,6-9,12-14,22,25-26,28,33-34,36H,1,4-5,10-11,15-16H2,2H3,(H,31,37)/t22-,25+,26+,28+/m1/s1. The lowest BCUT2D eigenvalue weighted by Crippen LogP contribution is -2.55. The summed E-state index contributed by atoms with van der Waals surface area (Å²) in [6.07, 6.45) is 1.51. The van der Waals surface area contributed by atoms with Gasteiger partial charge >= 0.3 is 0 Å². The normalized spacial score (nSPS) is 21.2. The van der Waals surface area contributed by atoms with Crippen LogP contribution in [-0.2, 0) is 22.7 Å². The maximum absolute atomic E-state index is 13.6. The van der Waals surface area contributed by atoms with Crippen molar-refractivity contribution in [2.75, 3.05) is 20.3 Å². The van der Waals surface area contributed by atoms with Crippen LogP contribution in [0.5, 0.6) is 11.5 Å². The number of hydrogen-bond acceptors (Lipinski definition) is 7. The van der Waals surface area contributed by atoms with Gasteiger partial charge in [-0.15, -0.1) is 6.58 Å². The summed E-state index contributed by atoms with van der Waals surface area (Å²) in [5.74, 6) is -1.23. The Bertz CT molecular complexity index is 1250. The van der Waals surface area contributed by atoms with Crippen molar-refractivity contribution in [1.82, 2.24) is 10.2 Å². The fourth-order valence-electron chi connectivity index (χ4n) is 5.13. The van der Waals surface area contributed by atoms with Gasteiger partial charge in [-0.25, -0.2) is 4.39 Å². The molecule has 208 valence electrons. The Hall–Kier alpha value is -3.73. The molecule has 2 aromatic carbocycles. The van der Waals surface area contributed by atoms with Gasteiger partial charge in [-0.3, -0.25) is 9.59 Å². The first-order chi connectivity index (χ1) is 18.8. The van der Waals surface area contributed by atoms with Crippen molar-refractivity contribution in [1.29, 1.82) is 0 Å². The molecular weight excluding hydrogens is 507 g/mol. The molecule has 4 atom stereocenters.